The fraction of sp³-hybridized carbons (Fsp3) is 0.513. The van der Waals surface area contributed by atoms with Crippen LogP contribution in [0.4, 0.5) is 0 Å². The number of Topliss-reactive ketones (excluding diaryl/α,β-unsaturated/α-hetero) is 2. The Balaban J connectivity index is 1.63. The molecule has 9 heteroatoms. The molecule has 0 amide bonds. The van der Waals surface area contributed by atoms with Gasteiger partial charge in [-0.1, -0.05) is 29.4 Å². The van der Waals surface area contributed by atoms with Crippen LogP contribution in [0.2, 0.25) is 0 Å². The van der Waals surface area contributed by atoms with Gasteiger partial charge < -0.3 is 29.2 Å². The van der Waals surface area contributed by atoms with E-state index >= 15 is 0 Å². The van der Waals surface area contributed by atoms with Crippen molar-refractivity contribution in [3.63, 3.8) is 0 Å². The SMILES string of the molecule is CO[C@]12C=C3C(=O)c4c(O)c5c(c(CC=C(C)C)c4O[C@@]34[C@@H](C1)C(C)(C)O[C@@]4(C/C=C(/C)C(=O)O)C2=O)O[C@](C)(CCC=C(C)C)C=C5. The summed E-state index contributed by atoms with van der Waals surface area (Å²) in [7, 11) is 1.43. The van der Waals surface area contributed by atoms with Crippen molar-refractivity contribution in [3.8, 4) is 17.2 Å². The molecular weight excluding hydrogens is 612 g/mol. The second-order valence-electron chi connectivity index (χ2n) is 15.2. The maximum atomic E-state index is 14.9. The lowest BCUT2D eigenvalue weighted by atomic mass is 9.49. The molecule has 6 aliphatic rings. The van der Waals surface area contributed by atoms with Crippen molar-refractivity contribution in [2.75, 3.05) is 7.11 Å². The Morgan fingerprint density at radius 1 is 1.02 bits per heavy atom. The number of rotatable bonds is 9. The minimum atomic E-state index is -1.79. The highest BCUT2D eigenvalue weighted by molar-refractivity contribution is 6.20. The van der Waals surface area contributed by atoms with Gasteiger partial charge in [-0.2, -0.15) is 0 Å². The molecule has 0 aromatic heterocycles. The molecular formula is C39H46O9. The number of methoxy groups -OCH3 is 1. The van der Waals surface area contributed by atoms with Gasteiger partial charge in [0.1, 0.15) is 34.0 Å². The third-order valence-corrected chi connectivity index (χ3v) is 10.9. The van der Waals surface area contributed by atoms with E-state index in [1.807, 2.05) is 52.8 Å². The number of hydrogen-bond donors (Lipinski definition) is 2. The molecule has 3 heterocycles. The number of fused-ring (bicyclic) bond motifs is 2. The lowest BCUT2D eigenvalue weighted by Gasteiger charge is -2.59. The van der Waals surface area contributed by atoms with Crippen LogP contribution in [0.1, 0.15) is 103 Å². The zero-order valence-electron chi connectivity index (χ0n) is 29.3. The third-order valence-electron chi connectivity index (χ3n) is 10.9. The summed E-state index contributed by atoms with van der Waals surface area (Å²) >= 11 is 0. The topological polar surface area (TPSA) is 129 Å². The van der Waals surface area contributed by atoms with Crippen molar-refractivity contribution < 1.29 is 43.5 Å². The molecule has 3 aliphatic heterocycles. The predicted molar refractivity (Wildman–Crippen MR) is 181 cm³/mol. The summed E-state index contributed by atoms with van der Waals surface area (Å²) in [4.78, 5) is 41.5. The van der Waals surface area contributed by atoms with Gasteiger partial charge in [0.05, 0.1) is 11.2 Å². The number of ketones is 2. The normalized spacial score (nSPS) is 32.0. The van der Waals surface area contributed by atoms with E-state index in [1.54, 1.807) is 6.08 Å². The number of phenolic OH excluding ortho intramolecular Hbond substituents is 1. The maximum absolute atomic E-state index is 14.9. The molecule has 1 saturated carbocycles. The monoisotopic (exact) mass is 658 g/mol. The fourth-order valence-electron chi connectivity index (χ4n) is 8.38. The Kier molecular flexibility index (Phi) is 7.80. The summed E-state index contributed by atoms with van der Waals surface area (Å²) in [6, 6.07) is 0. The summed E-state index contributed by atoms with van der Waals surface area (Å²) in [5.74, 6) is -2.25. The smallest absolute Gasteiger partial charge is 0.330 e. The molecule has 1 saturated heterocycles. The van der Waals surface area contributed by atoms with Crippen molar-refractivity contribution in [2.24, 2.45) is 5.92 Å². The van der Waals surface area contributed by atoms with Crippen LogP contribution in [-0.4, -0.2) is 62.9 Å². The van der Waals surface area contributed by atoms with Crippen LogP contribution in [0.5, 0.6) is 17.2 Å². The van der Waals surface area contributed by atoms with Crippen molar-refractivity contribution in [1.29, 1.82) is 0 Å². The largest absolute Gasteiger partial charge is 0.506 e. The number of aliphatic carboxylic acids is 1. The number of allylic oxidation sites excluding steroid dienone is 4. The van der Waals surface area contributed by atoms with Gasteiger partial charge in [-0.05, 0) is 99.3 Å². The van der Waals surface area contributed by atoms with E-state index in [4.69, 9.17) is 18.9 Å². The Bertz CT molecular complexity index is 1800. The van der Waals surface area contributed by atoms with Crippen LogP contribution < -0.4 is 9.47 Å². The number of benzene rings is 1. The average molecular weight is 659 g/mol. The van der Waals surface area contributed by atoms with Gasteiger partial charge in [0, 0.05) is 36.2 Å². The number of carbonyl (C=O) groups excluding carboxylic acids is 2. The molecule has 48 heavy (non-hydrogen) atoms. The van der Waals surface area contributed by atoms with Crippen molar-refractivity contribution in [1.82, 2.24) is 0 Å². The maximum Gasteiger partial charge on any atom is 0.330 e. The van der Waals surface area contributed by atoms with Gasteiger partial charge >= 0.3 is 5.97 Å². The number of hydrogen-bond acceptors (Lipinski definition) is 8. The Morgan fingerprint density at radius 3 is 2.33 bits per heavy atom. The molecule has 7 rings (SSSR count). The number of carbonyl (C=O) groups is 3. The summed E-state index contributed by atoms with van der Waals surface area (Å²) in [6.07, 6.45) is 12.8. The second-order valence-corrected chi connectivity index (χ2v) is 15.2. The van der Waals surface area contributed by atoms with Gasteiger partial charge in [0.25, 0.3) is 0 Å². The van der Waals surface area contributed by atoms with Crippen LogP contribution in [0.3, 0.4) is 0 Å². The molecule has 3 aliphatic carbocycles. The van der Waals surface area contributed by atoms with E-state index < -0.39 is 51.5 Å². The Hall–Kier alpha value is -3.95. The van der Waals surface area contributed by atoms with Crippen LogP contribution in [0.15, 0.2) is 52.7 Å². The summed E-state index contributed by atoms with van der Waals surface area (Å²) in [5, 5.41) is 21.6. The standard InChI is InChI=1S/C39H46O9/c1-21(2)11-10-16-36(8)17-15-24-29(40)28-30(41)26-19-37(45-9)20-27-35(6,7)48-38(34(37)44,18-14-23(5)33(42)43)39(26,27)47-32(28)25(31(24)46-36)13-12-22(3)4/h11-12,14-15,17,19,27,40H,10,13,16,18,20H2,1-9H3,(H,42,43)/b23-14-/t27-,36+,37+,38-,39+/m0/s1. The van der Waals surface area contributed by atoms with Crippen molar-refractivity contribution >= 4 is 23.6 Å². The van der Waals surface area contributed by atoms with E-state index in [0.29, 0.717) is 29.7 Å². The van der Waals surface area contributed by atoms with Crippen LogP contribution >= 0.6 is 0 Å². The van der Waals surface area contributed by atoms with E-state index in [0.717, 1.165) is 12.0 Å². The first-order chi connectivity index (χ1) is 22.4. The van der Waals surface area contributed by atoms with Crippen molar-refractivity contribution in [3.05, 3.63) is 69.4 Å². The number of ether oxygens (including phenoxy) is 4. The Labute approximate surface area is 282 Å². The lowest BCUT2D eigenvalue weighted by molar-refractivity contribution is -0.190. The summed E-state index contributed by atoms with van der Waals surface area (Å²) < 4.78 is 26.6. The number of aromatic hydroxyl groups is 1. The molecule has 9 nitrogen and oxygen atoms in total. The highest BCUT2D eigenvalue weighted by atomic mass is 16.6. The van der Waals surface area contributed by atoms with E-state index in [9.17, 15) is 24.6 Å². The molecule has 1 aromatic rings. The second kappa shape index (κ2) is 11.0. The number of phenols is 1. The van der Waals surface area contributed by atoms with Gasteiger partial charge in [0.15, 0.2) is 17.0 Å². The highest BCUT2D eigenvalue weighted by Gasteiger charge is 2.84. The molecule has 5 atom stereocenters. The predicted octanol–water partition coefficient (Wildman–Crippen LogP) is 7.01. The summed E-state index contributed by atoms with van der Waals surface area (Å²) in [5.41, 5.74) is -3.15. The number of carboxylic acid groups (broad SMARTS) is 1. The molecule has 2 fully saturated rings. The molecule has 0 radical (unpaired) electrons. The number of carboxylic acids is 1. The van der Waals surface area contributed by atoms with Gasteiger partial charge in [-0.25, -0.2) is 4.79 Å². The molecule has 0 unspecified atom stereocenters. The first-order valence-corrected chi connectivity index (χ1v) is 16.6. The van der Waals surface area contributed by atoms with Crippen molar-refractivity contribution in [2.45, 2.75) is 115 Å². The first-order valence-electron chi connectivity index (χ1n) is 16.6. The Morgan fingerprint density at radius 2 is 1.71 bits per heavy atom. The van der Waals surface area contributed by atoms with Gasteiger partial charge in [-0.15, -0.1) is 0 Å². The quantitative estimate of drug-likeness (QED) is 0.213. The third kappa shape index (κ3) is 4.60. The van der Waals surface area contributed by atoms with Crippen LogP contribution in [0, 0.1) is 5.92 Å². The van der Waals surface area contributed by atoms with Crippen LogP contribution in [0.25, 0.3) is 6.08 Å². The minimum Gasteiger partial charge on any atom is -0.506 e. The molecule has 256 valence electrons. The van der Waals surface area contributed by atoms with E-state index in [2.05, 4.69) is 19.9 Å². The van der Waals surface area contributed by atoms with E-state index in [1.165, 1.54) is 25.7 Å². The first kappa shape index (κ1) is 33.9. The molecule has 1 spiro atoms. The van der Waals surface area contributed by atoms with Crippen LogP contribution in [-0.2, 0) is 25.5 Å². The van der Waals surface area contributed by atoms with Gasteiger partial charge in [-0.3, -0.25) is 9.59 Å². The van der Waals surface area contributed by atoms with Gasteiger partial charge in [0.2, 0.25) is 5.78 Å². The molecule has 2 N–H and O–H groups in total. The zero-order valence-corrected chi connectivity index (χ0v) is 29.3. The highest BCUT2D eigenvalue weighted by Crippen LogP contribution is 2.70. The fourth-order valence-corrected chi connectivity index (χ4v) is 8.38. The molecule has 1 aromatic carbocycles. The summed E-state index contributed by atoms with van der Waals surface area (Å²) in [6.45, 7) is 15.2. The minimum absolute atomic E-state index is 0.0000390. The molecule has 4 bridgehead atoms. The lowest BCUT2D eigenvalue weighted by Crippen LogP contribution is -2.77. The van der Waals surface area contributed by atoms with E-state index in [-0.39, 0.29) is 41.1 Å². The zero-order chi connectivity index (χ0) is 35.2. The average Bonchev–Trinajstić information content (AvgIpc) is 3.16.